The molecule has 200 valence electrons. The van der Waals surface area contributed by atoms with Crippen LogP contribution in [0.3, 0.4) is 0 Å². The Kier molecular flexibility index (Phi) is 8.06. The number of fused-ring (bicyclic) bond motifs is 1. The molecule has 0 saturated carbocycles. The second kappa shape index (κ2) is 11.1. The molecular formula is C27H33F3N4O3. The molecule has 10 heteroatoms. The predicted molar refractivity (Wildman–Crippen MR) is 132 cm³/mol. The zero-order valence-electron chi connectivity index (χ0n) is 21.4. The average molecular weight is 519 g/mol. The van der Waals surface area contributed by atoms with Crippen LogP contribution in [0.1, 0.15) is 65.0 Å². The van der Waals surface area contributed by atoms with Gasteiger partial charge in [-0.15, -0.1) is 0 Å². The molecule has 4 rings (SSSR count). The van der Waals surface area contributed by atoms with E-state index in [1.807, 2.05) is 19.9 Å². The van der Waals surface area contributed by atoms with Gasteiger partial charge >= 0.3 is 6.18 Å². The summed E-state index contributed by atoms with van der Waals surface area (Å²) in [5.74, 6) is 0.252. The van der Waals surface area contributed by atoms with Crippen molar-refractivity contribution in [3.63, 3.8) is 0 Å². The molecule has 2 unspecified atom stereocenters. The molecule has 7 nitrogen and oxygen atoms in total. The first-order valence-corrected chi connectivity index (χ1v) is 12.7. The predicted octanol–water partition coefficient (Wildman–Crippen LogP) is 4.28. The molecule has 2 atom stereocenters. The smallest absolute Gasteiger partial charge is 0.433 e. The first-order chi connectivity index (χ1) is 17.6. The third-order valence-electron chi connectivity index (χ3n) is 7.40. The number of nitrogens with one attached hydrogen (secondary N) is 1. The maximum Gasteiger partial charge on any atom is 0.433 e. The SMILES string of the molecule is CCNC(=O)COc1ccc(C2CCCC3CN(C(=O)c4ccc(C(F)(F)F)nc4)CCN32)c(C)c1C. The van der Waals surface area contributed by atoms with E-state index >= 15 is 0 Å². The number of hydrogen-bond donors (Lipinski definition) is 1. The summed E-state index contributed by atoms with van der Waals surface area (Å²) in [4.78, 5) is 32.4. The van der Waals surface area contributed by atoms with Gasteiger partial charge in [0.25, 0.3) is 11.8 Å². The Bertz CT molecular complexity index is 1140. The summed E-state index contributed by atoms with van der Waals surface area (Å²) in [5, 5.41) is 2.73. The summed E-state index contributed by atoms with van der Waals surface area (Å²) in [7, 11) is 0. The lowest BCUT2D eigenvalue weighted by molar-refractivity contribution is -0.141. The number of rotatable bonds is 6. The molecule has 1 aromatic heterocycles. The van der Waals surface area contributed by atoms with Gasteiger partial charge in [0.1, 0.15) is 11.4 Å². The molecular weight excluding hydrogens is 485 g/mol. The molecule has 0 spiro atoms. The Balaban J connectivity index is 1.44. The molecule has 2 aliphatic rings. The standard InChI is InChI=1S/C27H33F3N4O3/c1-4-31-25(35)16-37-23-10-9-21(17(2)18(23)3)22-7-5-6-20-15-33(12-13-34(20)22)26(36)19-8-11-24(32-14-19)27(28,29)30/h8-11,14,20,22H,4-7,12-13,15-16H2,1-3H3,(H,31,35). The van der Waals surface area contributed by atoms with Crippen LogP contribution >= 0.6 is 0 Å². The van der Waals surface area contributed by atoms with E-state index in [-0.39, 0.29) is 36.1 Å². The normalized spacial score (nSPS) is 20.3. The van der Waals surface area contributed by atoms with Gasteiger partial charge < -0.3 is 15.0 Å². The lowest BCUT2D eigenvalue weighted by Crippen LogP contribution is -2.57. The minimum absolute atomic E-state index is 0.0244. The summed E-state index contributed by atoms with van der Waals surface area (Å²) < 4.78 is 44.2. The number of benzene rings is 1. The molecule has 2 aromatic rings. The second-order valence-electron chi connectivity index (χ2n) is 9.66. The summed E-state index contributed by atoms with van der Waals surface area (Å²) in [6.45, 7) is 8.18. The zero-order chi connectivity index (χ0) is 26.7. The van der Waals surface area contributed by atoms with E-state index in [0.717, 1.165) is 42.7 Å². The van der Waals surface area contributed by atoms with Crippen molar-refractivity contribution < 1.29 is 27.5 Å². The quantitative estimate of drug-likeness (QED) is 0.618. The van der Waals surface area contributed by atoms with E-state index in [4.69, 9.17) is 4.74 Å². The second-order valence-corrected chi connectivity index (χ2v) is 9.66. The van der Waals surface area contributed by atoms with Gasteiger partial charge in [-0.25, -0.2) is 0 Å². The molecule has 2 saturated heterocycles. The van der Waals surface area contributed by atoms with Gasteiger partial charge in [0.05, 0.1) is 5.56 Å². The lowest BCUT2D eigenvalue weighted by atomic mass is 9.86. The number of piperazine rings is 1. The number of ether oxygens (including phenoxy) is 1. The maximum atomic E-state index is 13.0. The number of halogens is 3. The van der Waals surface area contributed by atoms with Crippen molar-refractivity contribution in [2.75, 3.05) is 32.8 Å². The third kappa shape index (κ3) is 5.89. The topological polar surface area (TPSA) is 74.8 Å². The number of carbonyl (C=O) groups excluding carboxylic acids is 2. The number of carbonyl (C=O) groups is 2. The molecule has 0 bridgehead atoms. The van der Waals surface area contributed by atoms with Crippen molar-refractivity contribution >= 4 is 11.8 Å². The van der Waals surface area contributed by atoms with E-state index in [9.17, 15) is 22.8 Å². The van der Waals surface area contributed by atoms with Gasteiger partial charge in [-0.1, -0.05) is 6.07 Å². The van der Waals surface area contributed by atoms with Crippen molar-refractivity contribution in [3.05, 3.63) is 58.4 Å². The van der Waals surface area contributed by atoms with Crippen molar-refractivity contribution in [2.45, 2.75) is 58.3 Å². The molecule has 2 aliphatic heterocycles. The lowest BCUT2D eigenvalue weighted by Gasteiger charge is -2.48. The van der Waals surface area contributed by atoms with Crippen LogP contribution in [0, 0.1) is 13.8 Å². The maximum absolute atomic E-state index is 13.0. The average Bonchev–Trinajstić information content (AvgIpc) is 2.88. The summed E-state index contributed by atoms with van der Waals surface area (Å²) in [6, 6.07) is 6.45. The number of aromatic nitrogens is 1. The minimum atomic E-state index is -4.53. The Labute approximate surface area is 215 Å². The Hall–Kier alpha value is -3.14. The van der Waals surface area contributed by atoms with Crippen LogP contribution < -0.4 is 10.1 Å². The van der Waals surface area contributed by atoms with Gasteiger partial charge in [0, 0.05) is 44.5 Å². The van der Waals surface area contributed by atoms with Crippen LogP contribution in [-0.2, 0) is 11.0 Å². The van der Waals surface area contributed by atoms with Crippen molar-refractivity contribution in [1.82, 2.24) is 20.1 Å². The van der Waals surface area contributed by atoms with Gasteiger partial charge in [-0.3, -0.25) is 19.5 Å². The van der Waals surface area contributed by atoms with Crippen LogP contribution in [0.15, 0.2) is 30.5 Å². The fourth-order valence-electron chi connectivity index (χ4n) is 5.36. The van der Waals surface area contributed by atoms with Crippen LogP contribution in [0.4, 0.5) is 13.2 Å². The highest BCUT2D eigenvalue weighted by Gasteiger charge is 2.38. The zero-order valence-corrected chi connectivity index (χ0v) is 21.4. The first kappa shape index (κ1) is 26.9. The molecule has 0 radical (unpaired) electrons. The molecule has 2 fully saturated rings. The molecule has 2 amide bonds. The highest BCUT2D eigenvalue weighted by molar-refractivity contribution is 5.94. The van der Waals surface area contributed by atoms with Crippen molar-refractivity contribution in [3.8, 4) is 5.75 Å². The number of piperidine rings is 1. The third-order valence-corrected chi connectivity index (χ3v) is 7.40. The van der Waals surface area contributed by atoms with Crippen LogP contribution in [0.2, 0.25) is 0 Å². The summed E-state index contributed by atoms with van der Waals surface area (Å²) in [6.07, 6.45) is -0.536. The number of nitrogens with zero attached hydrogens (tertiary/aromatic N) is 3. The highest BCUT2D eigenvalue weighted by atomic mass is 19.4. The minimum Gasteiger partial charge on any atom is -0.483 e. The molecule has 37 heavy (non-hydrogen) atoms. The monoisotopic (exact) mass is 518 g/mol. The number of pyridine rings is 1. The molecule has 1 aromatic carbocycles. The number of amides is 2. The molecule has 1 N–H and O–H groups in total. The van der Waals surface area contributed by atoms with Crippen molar-refractivity contribution in [1.29, 1.82) is 0 Å². The molecule has 3 heterocycles. The van der Waals surface area contributed by atoms with Gasteiger partial charge in [-0.05, 0) is 74.9 Å². The van der Waals surface area contributed by atoms with Gasteiger partial charge in [0.2, 0.25) is 0 Å². The van der Waals surface area contributed by atoms with E-state index in [1.165, 1.54) is 11.6 Å². The Morgan fingerprint density at radius 2 is 1.89 bits per heavy atom. The van der Waals surface area contributed by atoms with Gasteiger partial charge in [0.15, 0.2) is 6.61 Å². The number of hydrogen-bond acceptors (Lipinski definition) is 5. The largest absolute Gasteiger partial charge is 0.483 e. The fraction of sp³-hybridized carbons (Fsp3) is 0.519. The summed E-state index contributed by atoms with van der Waals surface area (Å²) >= 11 is 0. The Morgan fingerprint density at radius 3 is 2.57 bits per heavy atom. The molecule has 0 aliphatic carbocycles. The first-order valence-electron chi connectivity index (χ1n) is 12.7. The highest BCUT2D eigenvalue weighted by Crippen LogP contribution is 2.39. The number of alkyl halides is 3. The Morgan fingerprint density at radius 1 is 1.11 bits per heavy atom. The van der Waals surface area contributed by atoms with E-state index in [0.29, 0.717) is 31.9 Å². The fourth-order valence-corrected chi connectivity index (χ4v) is 5.36. The van der Waals surface area contributed by atoms with Crippen LogP contribution in [-0.4, -0.2) is 65.4 Å². The number of likely N-dealkylation sites (N-methyl/N-ethyl adjacent to an activating group) is 1. The summed E-state index contributed by atoms with van der Waals surface area (Å²) in [5.41, 5.74) is 2.53. The van der Waals surface area contributed by atoms with E-state index in [1.54, 1.807) is 4.90 Å². The van der Waals surface area contributed by atoms with Crippen molar-refractivity contribution in [2.24, 2.45) is 0 Å². The van der Waals surface area contributed by atoms with Gasteiger partial charge in [-0.2, -0.15) is 13.2 Å². The van der Waals surface area contributed by atoms with Crippen LogP contribution in [0.25, 0.3) is 0 Å². The van der Waals surface area contributed by atoms with Crippen LogP contribution in [0.5, 0.6) is 5.75 Å². The van der Waals surface area contributed by atoms with E-state index in [2.05, 4.69) is 28.2 Å². The van der Waals surface area contributed by atoms with E-state index < -0.39 is 11.9 Å².